The van der Waals surface area contributed by atoms with Crippen LogP contribution in [-0.4, -0.2) is 14.9 Å². The second-order valence-corrected chi connectivity index (χ2v) is 6.87. The van der Waals surface area contributed by atoms with Gasteiger partial charge < -0.3 is 5.11 Å². The SMILES string of the molecule is CC(C)n1ccc(CC(O)c2cc(I)ccc2Br)n1. The van der Waals surface area contributed by atoms with Crippen molar-refractivity contribution in [3.05, 3.63) is 49.8 Å². The number of aliphatic hydroxyl groups is 1. The van der Waals surface area contributed by atoms with Crippen LogP contribution in [0.5, 0.6) is 0 Å². The van der Waals surface area contributed by atoms with Crippen molar-refractivity contribution < 1.29 is 5.11 Å². The molecule has 0 saturated carbocycles. The van der Waals surface area contributed by atoms with Gasteiger partial charge in [0.15, 0.2) is 0 Å². The summed E-state index contributed by atoms with van der Waals surface area (Å²) in [5.74, 6) is 0. The van der Waals surface area contributed by atoms with E-state index >= 15 is 0 Å². The maximum absolute atomic E-state index is 10.3. The van der Waals surface area contributed by atoms with Crippen molar-refractivity contribution in [2.75, 3.05) is 0 Å². The maximum atomic E-state index is 10.3. The second kappa shape index (κ2) is 6.37. The predicted octanol–water partition coefficient (Wildman–Crippen LogP) is 4.11. The molecule has 0 spiro atoms. The van der Waals surface area contributed by atoms with E-state index in [0.717, 1.165) is 19.3 Å². The fourth-order valence-corrected chi connectivity index (χ4v) is 2.88. The van der Waals surface area contributed by atoms with E-state index in [0.29, 0.717) is 12.5 Å². The van der Waals surface area contributed by atoms with Crippen LogP contribution in [0.3, 0.4) is 0 Å². The molecule has 1 N–H and O–H groups in total. The molecule has 19 heavy (non-hydrogen) atoms. The quantitative estimate of drug-likeness (QED) is 0.735. The van der Waals surface area contributed by atoms with Gasteiger partial charge in [0.05, 0.1) is 11.8 Å². The lowest BCUT2D eigenvalue weighted by molar-refractivity contribution is 0.176. The Morgan fingerprint density at radius 1 is 1.37 bits per heavy atom. The second-order valence-electron chi connectivity index (χ2n) is 4.77. The fourth-order valence-electron chi connectivity index (χ4n) is 1.85. The molecule has 0 aliphatic heterocycles. The van der Waals surface area contributed by atoms with Crippen LogP contribution in [0.15, 0.2) is 34.9 Å². The van der Waals surface area contributed by atoms with Gasteiger partial charge in [-0.1, -0.05) is 15.9 Å². The largest absolute Gasteiger partial charge is 0.388 e. The third kappa shape index (κ3) is 3.79. The Balaban J connectivity index is 2.15. The van der Waals surface area contributed by atoms with Crippen LogP contribution in [0.4, 0.5) is 0 Å². The van der Waals surface area contributed by atoms with Crippen LogP contribution in [-0.2, 0) is 6.42 Å². The zero-order valence-corrected chi connectivity index (χ0v) is 14.6. The Bertz CT molecular complexity index is 568. The highest BCUT2D eigenvalue weighted by Gasteiger charge is 2.14. The summed E-state index contributed by atoms with van der Waals surface area (Å²) in [4.78, 5) is 0. The van der Waals surface area contributed by atoms with Crippen LogP contribution < -0.4 is 0 Å². The molecule has 1 atom stereocenters. The normalized spacial score (nSPS) is 12.9. The molecule has 1 aromatic heterocycles. The van der Waals surface area contributed by atoms with Gasteiger partial charge in [-0.3, -0.25) is 4.68 Å². The van der Waals surface area contributed by atoms with Crippen molar-refractivity contribution in [2.45, 2.75) is 32.4 Å². The number of hydrogen-bond donors (Lipinski definition) is 1. The summed E-state index contributed by atoms with van der Waals surface area (Å²) in [5, 5.41) is 14.8. The summed E-state index contributed by atoms with van der Waals surface area (Å²) >= 11 is 5.73. The molecule has 0 bridgehead atoms. The number of halogens is 2. The Morgan fingerprint density at radius 3 is 2.74 bits per heavy atom. The van der Waals surface area contributed by atoms with Gasteiger partial charge in [0.25, 0.3) is 0 Å². The van der Waals surface area contributed by atoms with Gasteiger partial charge in [-0.25, -0.2) is 0 Å². The highest BCUT2D eigenvalue weighted by atomic mass is 127. The van der Waals surface area contributed by atoms with Gasteiger partial charge in [0.2, 0.25) is 0 Å². The molecule has 1 unspecified atom stereocenters. The number of hydrogen-bond acceptors (Lipinski definition) is 2. The molecule has 0 amide bonds. The summed E-state index contributed by atoms with van der Waals surface area (Å²) in [6.07, 6.45) is 1.94. The maximum Gasteiger partial charge on any atom is 0.0857 e. The molecule has 0 aliphatic carbocycles. The molecule has 102 valence electrons. The summed E-state index contributed by atoms with van der Waals surface area (Å²) in [6, 6.07) is 8.27. The Hall–Kier alpha value is -0.400. The van der Waals surface area contributed by atoms with Crippen molar-refractivity contribution in [3.8, 4) is 0 Å². The number of aromatic nitrogens is 2. The molecular formula is C14H16BrIN2O. The lowest BCUT2D eigenvalue weighted by atomic mass is 10.1. The minimum Gasteiger partial charge on any atom is -0.388 e. The van der Waals surface area contributed by atoms with Crippen molar-refractivity contribution in [2.24, 2.45) is 0 Å². The molecule has 5 heteroatoms. The average molecular weight is 435 g/mol. The van der Waals surface area contributed by atoms with Crippen LogP contribution in [0.1, 0.15) is 37.3 Å². The lowest BCUT2D eigenvalue weighted by Crippen LogP contribution is -2.06. The molecule has 0 fully saturated rings. The van der Waals surface area contributed by atoms with Crippen molar-refractivity contribution in [1.82, 2.24) is 9.78 Å². The molecule has 2 rings (SSSR count). The van der Waals surface area contributed by atoms with Crippen LogP contribution in [0.2, 0.25) is 0 Å². The first-order chi connectivity index (χ1) is 8.97. The fraction of sp³-hybridized carbons (Fsp3) is 0.357. The smallest absolute Gasteiger partial charge is 0.0857 e. The third-order valence-electron chi connectivity index (χ3n) is 2.91. The number of nitrogens with zero attached hydrogens (tertiary/aromatic N) is 2. The van der Waals surface area contributed by atoms with E-state index in [1.165, 1.54) is 0 Å². The summed E-state index contributed by atoms with van der Waals surface area (Å²) in [5.41, 5.74) is 1.82. The molecule has 3 nitrogen and oxygen atoms in total. The predicted molar refractivity (Wildman–Crippen MR) is 88.1 cm³/mol. The molecular weight excluding hydrogens is 419 g/mol. The Kier molecular flexibility index (Phi) is 5.03. The van der Waals surface area contributed by atoms with E-state index in [2.05, 4.69) is 57.5 Å². The first-order valence-electron chi connectivity index (χ1n) is 6.14. The van der Waals surface area contributed by atoms with Gasteiger partial charge in [0, 0.05) is 26.7 Å². The first kappa shape index (κ1) is 15.0. The van der Waals surface area contributed by atoms with E-state index in [1.54, 1.807) is 0 Å². The standard InChI is InChI=1S/C14H16BrIN2O/c1-9(2)18-6-5-11(17-18)8-14(19)12-7-10(16)3-4-13(12)15/h3-7,9,14,19H,8H2,1-2H3. The van der Waals surface area contributed by atoms with Crippen molar-refractivity contribution in [1.29, 1.82) is 0 Å². The van der Waals surface area contributed by atoms with E-state index in [-0.39, 0.29) is 0 Å². The summed E-state index contributed by atoms with van der Waals surface area (Å²) in [6.45, 7) is 4.17. The zero-order valence-electron chi connectivity index (χ0n) is 10.8. The van der Waals surface area contributed by atoms with E-state index < -0.39 is 6.10 Å². The zero-order chi connectivity index (χ0) is 14.0. The number of rotatable bonds is 4. The minimum absolute atomic E-state index is 0.343. The minimum atomic E-state index is -0.542. The Morgan fingerprint density at radius 2 is 2.11 bits per heavy atom. The molecule has 2 aromatic rings. The van der Waals surface area contributed by atoms with Crippen LogP contribution in [0.25, 0.3) is 0 Å². The topological polar surface area (TPSA) is 38.0 Å². The highest BCUT2D eigenvalue weighted by molar-refractivity contribution is 14.1. The number of benzene rings is 1. The highest BCUT2D eigenvalue weighted by Crippen LogP contribution is 2.27. The number of aliphatic hydroxyl groups excluding tert-OH is 1. The van der Waals surface area contributed by atoms with Crippen LogP contribution >= 0.6 is 38.5 Å². The molecule has 0 radical (unpaired) electrons. The van der Waals surface area contributed by atoms with Gasteiger partial charge in [-0.15, -0.1) is 0 Å². The van der Waals surface area contributed by atoms with Gasteiger partial charge in [0.1, 0.15) is 0 Å². The molecule has 1 aromatic carbocycles. The molecule has 0 saturated heterocycles. The van der Waals surface area contributed by atoms with Gasteiger partial charge in [-0.2, -0.15) is 5.10 Å². The average Bonchev–Trinajstić information content (AvgIpc) is 2.80. The van der Waals surface area contributed by atoms with E-state index in [9.17, 15) is 5.11 Å². The molecule has 1 heterocycles. The van der Waals surface area contributed by atoms with Gasteiger partial charge in [-0.05, 0) is 66.3 Å². The van der Waals surface area contributed by atoms with Crippen molar-refractivity contribution in [3.63, 3.8) is 0 Å². The van der Waals surface area contributed by atoms with E-state index in [1.807, 2.05) is 35.1 Å². The van der Waals surface area contributed by atoms with Crippen molar-refractivity contribution >= 4 is 38.5 Å². The first-order valence-corrected chi connectivity index (χ1v) is 8.01. The Labute approximate surface area is 135 Å². The summed E-state index contributed by atoms with van der Waals surface area (Å²) < 4.78 is 3.96. The van der Waals surface area contributed by atoms with E-state index in [4.69, 9.17) is 0 Å². The summed E-state index contributed by atoms with van der Waals surface area (Å²) in [7, 11) is 0. The molecule has 0 aliphatic rings. The lowest BCUT2D eigenvalue weighted by Gasteiger charge is -2.12. The monoisotopic (exact) mass is 434 g/mol. The third-order valence-corrected chi connectivity index (χ3v) is 4.31. The van der Waals surface area contributed by atoms with Crippen LogP contribution in [0, 0.1) is 3.57 Å². The van der Waals surface area contributed by atoms with Gasteiger partial charge >= 0.3 is 0 Å².